The first-order chi connectivity index (χ1) is 21.0. The highest BCUT2D eigenvalue weighted by Gasteiger charge is 2.73. The third kappa shape index (κ3) is 5.31. The van der Waals surface area contributed by atoms with Crippen LogP contribution in [0.4, 0.5) is 0 Å². The van der Waals surface area contributed by atoms with E-state index in [4.69, 9.17) is 9.16 Å². The predicted octanol–water partition coefficient (Wildman–Crippen LogP) is 6.85. The topological polar surface area (TPSA) is 113 Å². The largest absolute Gasteiger partial charge is 0.455 e. The molecule has 0 heterocycles. The molecule has 0 saturated heterocycles. The fourth-order valence-electron chi connectivity index (χ4n) is 9.60. The molecule has 2 saturated carbocycles. The Morgan fingerprint density at radius 2 is 1.56 bits per heavy atom. The average Bonchev–Trinajstić information content (AvgIpc) is 3.02. The predicted molar refractivity (Wildman–Crippen MR) is 179 cm³/mol. The Morgan fingerprint density at radius 3 is 2.07 bits per heavy atom. The summed E-state index contributed by atoms with van der Waals surface area (Å²) >= 11 is 0. The van der Waals surface area contributed by atoms with Crippen LogP contribution in [0.5, 0.6) is 0 Å². The summed E-state index contributed by atoms with van der Waals surface area (Å²) in [6, 6.07) is 11.3. The molecule has 3 aliphatic carbocycles. The van der Waals surface area contributed by atoms with Crippen molar-refractivity contribution >= 4 is 20.1 Å². The van der Waals surface area contributed by atoms with Crippen molar-refractivity contribution < 1.29 is 34.1 Å². The number of ether oxygens (including phenoxy) is 1. The smallest absolute Gasteiger partial charge is 0.338 e. The molecule has 252 valence electrons. The van der Waals surface area contributed by atoms with Crippen LogP contribution < -0.4 is 0 Å². The lowest BCUT2D eigenvalue weighted by atomic mass is 9.42. The second-order valence-electron chi connectivity index (χ2n) is 15.1. The Kier molecular flexibility index (Phi) is 10.1. The first kappa shape index (κ1) is 36.0. The van der Waals surface area contributed by atoms with Gasteiger partial charge in [-0.25, -0.2) is 4.79 Å². The molecule has 7 nitrogen and oxygen atoms in total. The first-order valence-electron chi connectivity index (χ1n) is 17.3. The van der Waals surface area contributed by atoms with Gasteiger partial charge in [0.25, 0.3) is 0 Å². The number of carbonyl (C=O) groups is 2. The van der Waals surface area contributed by atoms with E-state index in [1.54, 1.807) is 24.3 Å². The molecular weight excluding hydrogens is 584 g/mol. The molecule has 2 bridgehead atoms. The Bertz CT molecular complexity index is 1280. The quantitative estimate of drug-likeness (QED) is 0.153. The van der Waals surface area contributed by atoms with E-state index in [1.165, 1.54) is 0 Å². The van der Waals surface area contributed by atoms with Gasteiger partial charge in [-0.05, 0) is 74.5 Å². The van der Waals surface area contributed by atoms with Gasteiger partial charge in [0.05, 0.1) is 29.3 Å². The van der Waals surface area contributed by atoms with Gasteiger partial charge < -0.3 is 24.5 Å². The van der Waals surface area contributed by atoms with Gasteiger partial charge in [-0.3, -0.25) is 4.79 Å². The molecule has 0 amide bonds. The van der Waals surface area contributed by atoms with Crippen molar-refractivity contribution in [1.82, 2.24) is 0 Å². The number of rotatable bonds is 9. The maximum atomic E-state index is 15.5. The molecule has 2 fully saturated rings. The van der Waals surface area contributed by atoms with Crippen LogP contribution in [0.3, 0.4) is 0 Å². The van der Waals surface area contributed by atoms with Crippen LogP contribution >= 0.6 is 0 Å². The van der Waals surface area contributed by atoms with Crippen molar-refractivity contribution in [2.45, 2.75) is 143 Å². The molecule has 45 heavy (non-hydrogen) atoms. The third-order valence-corrected chi connectivity index (χ3v) is 17.8. The van der Waals surface area contributed by atoms with E-state index in [0.29, 0.717) is 24.0 Å². The molecule has 0 aromatic heterocycles. The maximum absolute atomic E-state index is 15.5. The Balaban J connectivity index is 2.11. The summed E-state index contributed by atoms with van der Waals surface area (Å²) in [4.78, 5) is 29.5. The monoisotopic (exact) mass is 642 g/mol. The minimum atomic E-state index is -2.30. The number of fused-ring (bicyclic) bond motifs is 3. The van der Waals surface area contributed by atoms with Crippen molar-refractivity contribution in [2.24, 2.45) is 28.1 Å². The van der Waals surface area contributed by atoms with Crippen molar-refractivity contribution in [2.75, 3.05) is 0 Å². The van der Waals surface area contributed by atoms with Crippen LogP contribution in [0.1, 0.15) is 105 Å². The lowest BCUT2D eigenvalue weighted by Crippen LogP contribution is -2.74. The summed E-state index contributed by atoms with van der Waals surface area (Å²) < 4.78 is 13.8. The van der Waals surface area contributed by atoms with Crippen molar-refractivity contribution in [3.63, 3.8) is 0 Å². The van der Waals surface area contributed by atoms with E-state index in [1.807, 2.05) is 54.5 Å². The van der Waals surface area contributed by atoms with E-state index in [2.05, 4.69) is 20.8 Å². The highest BCUT2D eigenvalue weighted by atomic mass is 28.4. The van der Waals surface area contributed by atoms with Gasteiger partial charge in [-0.1, -0.05) is 73.6 Å². The van der Waals surface area contributed by atoms with Gasteiger partial charge in [0.1, 0.15) is 17.5 Å². The molecule has 0 aliphatic heterocycles. The number of benzene rings is 1. The number of hydrogen-bond acceptors (Lipinski definition) is 7. The van der Waals surface area contributed by atoms with Gasteiger partial charge in [0.15, 0.2) is 8.32 Å². The van der Waals surface area contributed by atoms with Gasteiger partial charge >= 0.3 is 5.97 Å². The zero-order valence-electron chi connectivity index (χ0n) is 29.3. The van der Waals surface area contributed by atoms with Crippen molar-refractivity contribution in [3.05, 3.63) is 47.0 Å². The summed E-state index contributed by atoms with van der Waals surface area (Å²) in [5, 5.41) is 36.8. The van der Waals surface area contributed by atoms with Crippen molar-refractivity contribution in [3.8, 4) is 0 Å². The van der Waals surface area contributed by atoms with Gasteiger partial charge in [-0.2, -0.15) is 0 Å². The van der Waals surface area contributed by atoms with Crippen LogP contribution in [0, 0.1) is 28.1 Å². The fraction of sp³-hybridized carbons (Fsp3) is 0.730. The molecule has 0 radical (unpaired) electrons. The summed E-state index contributed by atoms with van der Waals surface area (Å²) in [7, 11) is -2.30. The molecule has 9 atom stereocenters. The second kappa shape index (κ2) is 12.6. The summed E-state index contributed by atoms with van der Waals surface area (Å²) in [5.41, 5.74) is -3.14. The van der Waals surface area contributed by atoms with E-state index >= 15 is 4.79 Å². The van der Waals surface area contributed by atoms with Crippen LogP contribution in [-0.4, -0.2) is 65.4 Å². The van der Waals surface area contributed by atoms with E-state index in [-0.39, 0.29) is 18.6 Å². The van der Waals surface area contributed by atoms with Gasteiger partial charge in [0.2, 0.25) is 0 Å². The minimum absolute atomic E-state index is 0.0166. The van der Waals surface area contributed by atoms with Crippen LogP contribution in [0.25, 0.3) is 0 Å². The number of Topliss-reactive ketones (excluding diaryl/α,β-unsaturated/α-hetero) is 1. The molecule has 1 aromatic rings. The Labute approximate surface area is 271 Å². The zero-order chi connectivity index (χ0) is 33.8. The number of aliphatic hydroxyl groups excluding tert-OH is 2. The molecule has 0 spiro atoms. The lowest BCUT2D eigenvalue weighted by molar-refractivity contribution is -0.254. The van der Waals surface area contributed by atoms with Crippen LogP contribution in [0.2, 0.25) is 18.1 Å². The minimum Gasteiger partial charge on any atom is -0.455 e. The highest BCUT2D eigenvalue weighted by Crippen LogP contribution is 2.65. The standard InChI is InChI=1S/C37H58O7Si/c1-11-25-29-23(6)26(38)22-37(42,34(29,7)8)32(43-33(41)24-19-17-16-18-20-24)30-35(9,12-2)27(39)21-28(36(30,10)31(25)40)44-45(13-3,14-4)15-5/h16-20,25-28,30,32,38-39,42H,11-15,21-22H2,1-10H3/t25-,26+,27-,28+,30?,32?,35-,36-,37-/m1/s1. The summed E-state index contributed by atoms with van der Waals surface area (Å²) in [5.74, 6) is -2.00. The number of aliphatic hydroxyl groups is 3. The SMILES string of the molecule is CC[C@H]1C(=O)[C@@]2(C)C(C(OC(=O)c3ccccc3)[C@]3(O)C[C@H](O)C(C)=C1C3(C)C)[C@](C)(CC)[C@H](O)C[C@@H]2O[Si](CC)(CC)CC. The highest BCUT2D eigenvalue weighted by molar-refractivity contribution is 6.73. The van der Waals surface area contributed by atoms with Gasteiger partial charge in [-0.15, -0.1) is 0 Å². The van der Waals surface area contributed by atoms with Crippen LogP contribution in [-0.2, 0) is 14.0 Å². The number of ketones is 1. The first-order valence-corrected chi connectivity index (χ1v) is 19.8. The Morgan fingerprint density at radius 1 is 0.978 bits per heavy atom. The van der Waals surface area contributed by atoms with E-state index in [0.717, 1.165) is 23.7 Å². The molecular formula is C37H58O7Si. The molecule has 3 N–H and O–H groups in total. The van der Waals surface area contributed by atoms with Gasteiger partial charge in [0, 0.05) is 29.1 Å². The molecule has 1 aromatic carbocycles. The summed E-state index contributed by atoms with van der Waals surface area (Å²) in [6.07, 6.45) is -2.53. The summed E-state index contributed by atoms with van der Waals surface area (Å²) in [6.45, 7) is 20.1. The normalized spacial score (nSPS) is 38.3. The molecule has 2 unspecified atom stereocenters. The lowest BCUT2D eigenvalue weighted by Gasteiger charge is -2.66. The average molecular weight is 643 g/mol. The zero-order valence-corrected chi connectivity index (χ0v) is 30.3. The fourth-order valence-corrected chi connectivity index (χ4v) is 12.5. The molecule has 3 aliphatic rings. The second-order valence-corrected chi connectivity index (χ2v) is 19.8. The maximum Gasteiger partial charge on any atom is 0.338 e. The van der Waals surface area contributed by atoms with E-state index < -0.39 is 72.4 Å². The molecule has 8 heteroatoms. The Hall–Kier alpha value is -1.84. The van der Waals surface area contributed by atoms with Crippen LogP contribution in [0.15, 0.2) is 41.5 Å². The number of carbonyl (C=O) groups excluding carboxylic acids is 2. The van der Waals surface area contributed by atoms with Crippen molar-refractivity contribution in [1.29, 1.82) is 0 Å². The number of esters is 1. The van der Waals surface area contributed by atoms with E-state index in [9.17, 15) is 20.1 Å². The third-order valence-electron chi connectivity index (χ3n) is 13.1. The number of hydrogen-bond donors (Lipinski definition) is 3. The molecule has 4 rings (SSSR count).